The molecule has 0 unspecified atom stereocenters. The number of carbonyl (C=O) groups is 2. The molecular formula is C12H20N2O5S2Tc. The Labute approximate surface area is 152 Å². The van der Waals surface area contributed by atoms with Crippen molar-refractivity contribution in [1.29, 1.82) is 0 Å². The summed E-state index contributed by atoms with van der Waals surface area (Å²) in [7, 11) is 0. The number of rotatable bonds is 11. The van der Waals surface area contributed by atoms with E-state index in [9.17, 15) is 9.59 Å². The summed E-state index contributed by atoms with van der Waals surface area (Å²) in [4.78, 5) is 22.9. The summed E-state index contributed by atoms with van der Waals surface area (Å²) in [6.45, 7) is 4.63. The monoisotopic (exact) mass is 435 g/mol. The number of esters is 2. The Hall–Kier alpha value is 0.00935. The van der Waals surface area contributed by atoms with Gasteiger partial charge in [0.25, 0.3) is 11.9 Å². The van der Waals surface area contributed by atoms with Crippen molar-refractivity contribution in [3.8, 4) is 0 Å². The van der Waals surface area contributed by atoms with Crippen LogP contribution in [-0.4, -0.2) is 61.8 Å². The molecule has 0 heterocycles. The topological polar surface area (TPSA) is 97.9 Å². The van der Waals surface area contributed by atoms with Crippen molar-refractivity contribution in [2.75, 3.05) is 37.8 Å². The number of hydrogen-bond acceptors (Lipinski definition) is 7. The zero-order chi connectivity index (χ0) is 17.4. The fourth-order valence-corrected chi connectivity index (χ4v) is 1.78. The van der Waals surface area contributed by atoms with Crippen LogP contribution in [0.4, 0.5) is 0 Å². The van der Waals surface area contributed by atoms with Gasteiger partial charge in [-0.15, -0.1) is 0 Å². The molecule has 2 atom stereocenters. The molecule has 0 N–H and O–H groups in total. The van der Waals surface area contributed by atoms with Crippen LogP contribution in [0.5, 0.6) is 0 Å². The average molecular weight is 435 g/mol. The van der Waals surface area contributed by atoms with Crippen LogP contribution < -0.4 is 0 Å². The van der Waals surface area contributed by atoms with E-state index in [1.165, 1.54) is 0 Å². The van der Waals surface area contributed by atoms with Gasteiger partial charge in [0.15, 0.2) is 0 Å². The van der Waals surface area contributed by atoms with Gasteiger partial charge in [0.2, 0.25) is 0 Å². The molecule has 0 rings (SSSR count). The summed E-state index contributed by atoms with van der Waals surface area (Å²) in [6, 6.07) is -1.30. The first-order chi connectivity index (χ1) is 10.6. The third-order valence-corrected chi connectivity index (χ3v) is 2.86. The fourth-order valence-electron chi connectivity index (χ4n) is 1.29. The average Bonchev–Trinajstić information content (AvgIpc) is 2.53. The third kappa shape index (κ3) is 11.6. The molecular weight excluding hydrogens is 415 g/mol. The summed E-state index contributed by atoms with van der Waals surface area (Å²) in [5, 5.41) is 8.23. The second kappa shape index (κ2) is 17.4. The Kier molecular flexibility index (Phi) is 19.2. The van der Waals surface area contributed by atoms with E-state index in [1.54, 1.807) is 13.8 Å². The van der Waals surface area contributed by atoms with Crippen molar-refractivity contribution in [3.05, 3.63) is 10.6 Å². The van der Waals surface area contributed by atoms with Gasteiger partial charge in [0.05, 0.1) is 13.2 Å². The predicted molar refractivity (Wildman–Crippen MR) is 82.4 cm³/mol. The van der Waals surface area contributed by atoms with Crippen molar-refractivity contribution in [2.24, 2.45) is 0 Å². The van der Waals surface area contributed by atoms with Crippen molar-refractivity contribution in [2.45, 2.75) is 25.9 Å². The Bertz CT molecular complexity index is 285. The van der Waals surface area contributed by atoms with Gasteiger partial charge >= 0.3 is 22.4 Å². The zero-order valence-corrected chi connectivity index (χ0v) is 16.0. The van der Waals surface area contributed by atoms with Crippen molar-refractivity contribution >= 4 is 37.2 Å². The van der Waals surface area contributed by atoms with E-state index in [0.29, 0.717) is 26.3 Å². The Morgan fingerprint density at radius 2 is 1.23 bits per heavy atom. The first-order valence-corrected chi connectivity index (χ1v) is 8.50. The first-order valence-electron chi connectivity index (χ1n) is 6.58. The van der Waals surface area contributed by atoms with Gasteiger partial charge in [-0.05, 0) is 13.8 Å². The summed E-state index contributed by atoms with van der Waals surface area (Å²) in [5.41, 5.74) is 0. The van der Waals surface area contributed by atoms with Gasteiger partial charge in [-0.25, -0.2) is 0 Å². The normalized spacial score (nSPS) is 12.6. The number of ether oxygens (including phenoxy) is 2. The summed E-state index contributed by atoms with van der Waals surface area (Å²) in [5.74, 6) is -0.511. The van der Waals surface area contributed by atoms with Crippen LogP contribution in [0.3, 0.4) is 0 Å². The van der Waals surface area contributed by atoms with Crippen molar-refractivity contribution in [1.82, 2.24) is 0 Å². The molecule has 0 fully saturated rings. The molecule has 0 aliphatic heterocycles. The van der Waals surface area contributed by atoms with Crippen LogP contribution in [0.2, 0.25) is 0 Å². The minimum atomic E-state index is -0.648. The van der Waals surface area contributed by atoms with E-state index in [0.717, 1.165) is 18.9 Å². The molecule has 0 saturated heterocycles. The fraction of sp³-hybridized carbons (Fsp3) is 0.833. The predicted octanol–water partition coefficient (Wildman–Crippen LogP) is 0.570. The van der Waals surface area contributed by atoms with E-state index in [1.807, 2.05) is 0 Å². The maximum atomic E-state index is 11.4. The van der Waals surface area contributed by atoms with Crippen LogP contribution in [0.25, 0.3) is 10.6 Å². The van der Waals surface area contributed by atoms with E-state index in [4.69, 9.17) is 38.2 Å². The van der Waals surface area contributed by atoms with Gasteiger partial charge in [-0.3, -0.25) is 9.59 Å². The summed E-state index contributed by atoms with van der Waals surface area (Å²) < 4.78 is 17.9. The van der Waals surface area contributed by atoms with Gasteiger partial charge < -0.3 is 45.4 Å². The first kappa shape index (κ1) is 24.3. The second-order valence-electron chi connectivity index (χ2n) is 3.68. The molecule has 0 aromatic heterocycles. The molecule has 0 aliphatic rings. The molecule has 0 spiro atoms. The van der Waals surface area contributed by atoms with Crippen LogP contribution in [0, 0.1) is 0 Å². The summed E-state index contributed by atoms with van der Waals surface area (Å²) >= 11 is 10.6. The number of carbonyl (C=O) groups excluding carboxylic acids is 2. The standard InChI is InChI=1S/C12H22N2O4S2.O.Tc/c1-3-17-11(15)9(7-19)13-5-6-14-10(8-20)12(16)18-4-2;;/h9-10,19-20H,3-8H2,1-2H3;;/q-2;;+4/p-2/t9-,10-;;/m0../s1/i;;1+1. The van der Waals surface area contributed by atoms with Gasteiger partial charge in [0.1, 0.15) is 0 Å². The Morgan fingerprint density at radius 1 is 0.909 bits per heavy atom. The molecule has 0 aliphatic carbocycles. The van der Waals surface area contributed by atoms with E-state index in [-0.39, 0.29) is 11.5 Å². The van der Waals surface area contributed by atoms with Gasteiger partial charge in [0, 0.05) is 0 Å². The molecule has 0 aromatic rings. The zero-order valence-electron chi connectivity index (χ0n) is 12.5. The third-order valence-electron chi connectivity index (χ3n) is 2.23. The minimum absolute atomic E-state index is 0.168. The molecule has 0 aromatic carbocycles. The molecule has 10 heteroatoms. The van der Waals surface area contributed by atoms with E-state index >= 15 is 0 Å². The summed E-state index contributed by atoms with van der Waals surface area (Å²) in [6.07, 6.45) is 0. The van der Waals surface area contributed by atoms with Crippen LogP contribution in [-0.2, 0) is 66.7 Å². The maximum absolute atomic E-state index is 11.4. The molecule has 127 valence electrons. The van der Waals surface area contributed by atoms with Crippen LogP contribution in [0.1, 0.15) is 13.8 Å². The van der Waals surface area contributed by atoms with Crippen molar-refractivity contribution in [3.63, 3.8) is 0 Å². The Balaban J connectivity index is 0. The van der Waals surface area contributed by atoms with Crippen LogP contribution in [0.15, 0.2) is 0 Å². The SMILES string of the molecule is CCOC(=O)[C@H](C[S-])[N-]CC[N-][C@@H](C[S-])C(=O)OCC.[O]=[99Tc+4]. The molecule has 0 saturated carbocycles. The molecule has 0 amide bonds. The molecule has 22 heavy (non-hydrogen) atoms. The Morgan fingerprint density at radius 3 is 1.45 bits per heavy atom. The van der Waals surface area contributed by atoms with Gasteiger partial charge in [-0.1, -0.05) is 12.1 Å². The number of nitrogens with zero attached hydrogens (tertiary/aromatic N) is 2. The van der Waals surface area contributed by atoms with Crippen LogP contribution >= 0.6 is 0 Å². The van der Waals surface area contributed by atoms with E-state index in [2.05, 4.69) is 10.6 Å². The molecule has 7 nitrogen and oxygen atoms in total. The quantitative estimate of drug-likeness (QED) is 0.266. The molecule has 0 bridgehead atoms. The van der Waals surface area contributed by atoms with E-state index < -0.39 is 24.0 Å². The molecule has 0 radical (unpaired) electrons. The second-order valence-corrected chi connectivity index (χ2v) is 4.35. The number of hydrogen-bond donors (Lipinski definition) is 0. The van der Waals surface area contributed by atoms with Gasteiger partial charge in [-0.2, -0.15) is 24.6 Å². The van der Waals surface area contributed by atoms with Crippen molar-refractivity contribution < 1.29 is 41.4 Å².